The molecule has 8 nitrogen and oxygen atoms in total. The van der Waals surface area contributed by atoms with Gasteiger partial charge >= 0.3 is 0 Å². The SMILES string of the molecule is CS(=O)(=O)N1CCC(C(=O)NCCn2nc3c(cc2=O)CCCC3)CC1. The first-order valence-corrected chi connectivity index (χ1v) is 11.0. The predicted octanol–water partition coefficient (Wildman–Crippen LogP) is -0.0901. The van der Waals surface area contributed by atoms with Gasteiger partial charge in [0.25, 0.3) is 5.56 Å². The lowest BCUT2D eigenvalue weighted by atomic mass is 9.97. The molecule has 26 heavy (non-hydrogen) atoms. The molecule has 9 heteroatoms. The van der Waals surface area contributed by atoms with Crippen LogP contribution in [0.1, 0.15) is 36.9 Å². The highest BCUT2D eigenvalue weighted by Crippen LogP contribution is 2.19. The number of carbonyl (C=O) groups is 1. The van der Waals surface area contributed by atoms with Crippen LogP contribution in [0.15, 0.2) is 10.9 Å². The Morgan fingerprint density at radius 3 is 2.65 bits per heavy atom. The Morgan fingerprint density at radius 2 is 1.96 bits per heavy atom. The minimum atomic E-state index is -3.19. The van der Waals surface area contributed by atoms with E-state index in [1.54, 1.807) is 6.07 Å². The predicted molar refractivity (Wildman–Crippen MR) is 97.3 cm³/mol. The van der Waals surface area contributed by atoms with E-state index in [0.29, 0.717) is 39.0 Å². The smallest absolute Gasteiger partial charge is 0.267 e. The van der Waals surface area contributed by atoms with Crippen LogP contribution in [0.2, 0.25) is 0 Å². The van der Waals surface area contributed by atoms with E-state index in [4.69, 9.17) is 0 Å². The fourth-order valence-corrected chi connectivity index (χ4v) is 4.51. The van der Waals surface area contributed by atoms with E-state index >= 15 is 0 Å². The zero-order chi connectivity index (χ0) is 18.7. The van der Waals surface area contributed by atoms with E-state index in [0.717, 1.165) is 36.9 Å². The normalized spacial score (nSPS) is 19.1. The second-order valence-electron chi connectivity index (χ2n) is 7.11. The van der Waals surface area contributed by atoms with Crippen molar-refractivity contribution in [3.63, 3.8) is 0 Å². The van der Waals surface area contributed by atoms with Crippen LogP contribution in [0.4, 0.5) is 0 Å². The van der Waals surface area contributed by atoms with Gasteiger partial charge in [-0.1, -0.05) is 0 Å². The molecular formula is C17H26N4O4S. The summed E-state index contributed by atoms with van der Waals surface area (Å²) >= 11 is 0. The lowest BCUT2D eigenvalue weighted by Crippen LogP contribution is -2.43. The van der Waals surface area contributed by atoms with Crippen LogP contribution >= 0.6 is 0 Å². The number of hydrogen-bond donors (Lipinski definition) is 1. The van der Waals surface area contributed by atoms with Crippen molar-refractivity contribution < 1.29 is 13.2 Å². The highest BCUT2D eigenvalue weighted by Gasteiger charge is 2.28. The first-order chi connectivity index (χ1) is 12.3. The molecule has 1 fully saturated rings. The summed E-state index contributed by atoms with van der Waals surface area (Å²) < 4.78 is 25.9. The molecule has 1 aliphatic heterocycles. The molecule has 1 amide bonds. The zero-order valence-electron chi connectivity index (χ0n) is 15.1. The Bertz CT molecular complexity index is 826. The quantitative estimate of drug-likeness (QED) is 0.767. The Hall–Kier alpha value is -1.74. The molecule has 0 spiro atoms. The number of sulfonamides is 1. The molecule has 1 saturated heterocycles. The van der Waals surface area contributed by atoms with Crippen LogP contribution in [0, 0.1) is 5.92 Å². The van der Waals surface area contributed by atoms with Crippen molar-refractivity contribution in [3.05, 3.63) is 27.7 Å². The number of carbonyl (C=O) groups excluding carboxylic acids is 1. The molecular weight excluding hydrogens is 356 g/mol. The maximum atomic E-state index is 12.3. The highest BCUT2D eigenvalue weighted by molar-refractivity contribution is 7.88. The van der Waals surface area contributed by atoms with Crippen LogP contribution in [0.5, 0.6) is 0 Å². The molecule has 0 aromatic carbocycles. The lowest BCUT2D eigenvalue weighted by molar-refractivity contribution is -0.126. The van der Waals surface area contributed by atoms with E-state index in [2.05, 4.69) is 10.4 Å². The van der Waals surface area contributed by atoms with Crippen LogP contribution in [-0.2, 0) is 34.2 Å². The Balaban J connectivity index is 1.49. The summed E-state index contributed by atoms with van der Waals surface area (Å²) in [4.78, 5) is 24.4. The van der Waals surface area contributed by atoms with Crippen molar-refractivity contribution in [2.24, 2.45) is 5.92 Å². The van der Waals surface area contributed by atoms with Gasteiger partial charge in [-0.2, -0.15) is 5.10 Å². The number of piperidine rings is 1. The maximum absolute atomic E-state index is 12.3. The molecule has 1 aliphatic carbocycles. The number of hydrogen-bond acceptors (Lipinski definition) is 5. The number of rotatable bonds is 5. The standard InChI is InChI=1S/C17H26N4O4S/c1-26(24,25)20-9-6-13(7-10-20)17(23)18-8-11-21-16(22)12-14-4-2-3-5-15(14)19-21/h12-13H,2-11H2,1H3,(H,18,23). The number of fused-ring (bicyclic) bond motifs is 1. The fourth-order valence-electron chi connectivity index (χ4n) is 3.64. The monoisotopic (exact) mass is 382 g/mol. The van der Waals surface area contributed by atoms with Crippen molar-refractivity contribution in [3.8, 4) is 0 Å². The molecule has 1 N–H and O–H groups in total. The second-order valence-corrected chi connectivity index (χ2v) is 9.09. The van der Waals surface area contributed by atoms with Gasteiger partial charge in [-0.3, -0.25) is 9.59 Å². The number of nitrogens with one attached hydrogen (secondary N) is 1. The first-order valence-electron chi connectivity index (χ1n) is 9.17. The van der Waals surface area contributed by atoms with Crippen molar-refractivity contribution in [1.29, 1.82) is 0 Å². The van der Waals surface area contributed by atoms with Gasteiger partial charge in [-0.25, -0.2) is 17.4 Å². The molecule has 0 unspecified atom stereocenters. The molecule has 0 saturated carbocycles. The summed E-state index contributed by atoms with van der Waals surface area (Å²) in [6, 6.07) is 1.67. The van der Waals surface area contributed by atoms with E-state index in [1.807, 2.05) is 0 Å². The average molecular weight is 382 g/mol. The minimum absolute atomic E-state index is 0.0795. The van der Waals surface area contributed by atoms with Gasteiger partial charge in [-0.15, -0.1) is 0 Å². The molecule has 144 valence electrons. The van der Waals surface area contributed by atoms with Gasteiger partial charge in [0, 0.05) is 31.6 Å². The van der Waals surface area contributed by atoms with Crippen molar-refractivity contribution in [2.45, 2.75) is 45.1 Å². The summed E-state index contributed by atoms with van der Waals surface area (Å²) in [6.07, 6.45) is 6.26. The number of aromatic nitrogens is 2. The maximum Gasteiger partial charge on any atom is 0.267 e. The molecule has 1 aromatic heterocycles. The van der Waals surface area contributed by atoms with Crippen molar-refractivity contribution in [2.75, 3.05) is 25.9 Å². The molecule has 2 aliphatic rings. The van der Waals surface area contributed by atoms with E-state index < -0.39 is 10.0 Å². The second kappa shape index (κ2) is 7.87. The van der Waals surface area contributed by atoms with Crippen LogP contribution in [0.25, 0.3) is 0 Å². The molecule has 0 radical (unpaired) electrons. The van der Waals surface area contributed by atoms with E-state index in [1.165, 1.54) is 15.2 Å². The third-order valence-electron chi connectivity index (χ3n) is 5.19. The van der Waals surface area contributed by atoms with Crippen LogP contribution < -0.4 is 10.9 Å². The number of nitrogens with zero attached hydrogens (tertiary/aromatic N) is 3. The largest absolute Gasteiger partial charge is 0.354 e. The van der Waals surface area contributed by atoms with E-state index in [9.17, 15) is 18.0 Å². The minimum Gasteiger partial charge on any atom is -0.354 e. The van der Waals surface area contributed by atoms with E-state index in [-0.39, 0.29) is 17.4 Å². The molecule has 0 atom stereocenters. The fraction of sp³-hybridized carbons (Fsp3) is 0.706. The van der Waals surface area contributed by atoms with Gasteiger partial charge in [0.2, 0.25) is 15.9 Å². The Morgan fingerprint density at radius 1 is 1.27 bits per heavy atom. The van der Waals surface area contributed by atoms with Crippen molar-refractivity contribution in [1.82, 2.24) is 19.4 Å². The van der Waals surface area contributed by atoms with Gasteiger partial charge in [0.05, 0.1) is 18.5 Å². The topological polar surface area (TPSA) is 101 Å². The highest BCUT2D eigenvalue weighted by atomic mass is 32.2. The average Bonchev–Trinajstić information content (AvgIpc) is 2.61. The van der Waals surface area contributed by atoms with Gasteiger partial charge in [0.1, 0.15) is 0 Å². The van der Waals surface area contributed by atoms with Gasteiger partial charge < -0.3 is 5.32 Å². The lowest BCUT2D eigenvalue weighted by Gasteiger charge is -2.29. The Kier molecular flexibility index (Phi) is 5.76. The summed E-state index contributed by atoms with van der Waals surface area (Å²) in [5, 5.41) is 7.29. The Labute approximate surface area is 153 Å². The van der Waals surface area contributed by atoms with Gasteiger partial charge in [0.15, 0.2) is 0 Å². The third kappa shape index (κ3) is 4.50. The van der Waals surface area contributed by atoms with Gasteiger partial charge in [-0.05, 0) is 44.1 Å². The zero-order valence-corrected chi connectivity index (χ0v) is 15.9. The number of amides is 1. The molecule has 1 aromatic rings. The summed E-state index contributed by atoms with van der Waals surface area (Å²) in [6.45, 7) is 1.45. The summed E-state index contributed by atoms with van der Waals surface area (Å²) in [7, 11) is -3.19. The van der Waals surface area contributed by atoms with Crippen LogP contribution in [0.3, 0.4) is 0 Å². The summed E-state index contributed by atoms with van der Waals surface area (Å²) in [5.74, 6) is -0.259. The first kappa shape index (κ1) is 19.0. The van der Waals surface area contributed by atoms with Crippen LogP contribution in [-0.4, -0.2) is 54.3 Å². The molecule has 2 heterocycles. The summed E-state index contributed by atoms with van der Waals surface area (Å²) in [5.41, 5.74) is 1.93. The molecule has 3 rings (SSSR count). The third-order valence-corrected chi connectivity index (χ3v) is 6.49. The number of aryl methyl sites for hydroxylation is 2. The molecule has 0 bridgehead atoms. The van der Waals surface area contributed by atoms with Crippen molar-refractivity contribution >= 4 is 15.9 Å².